The quantitative estimate of drug-likeness (QED) is 0.648. The van der Waals surface area contributed by atoms with Crippen molar-refractivity contribution >= 4 is 11.9 Å². The summed E-state index contributed by atoms with van der Waals surface area (Å²) in [4.78, 5) is 25.5. The molecule has 3 unspecified atom stereocenters. The standard InChI is InChI=1S/C24H32FNO5/c1-2-3-14-4-5-15(8-14)13-31-22-11-20(25)19(10-18(22)16-6-7-16)23(28)26-12-17(27)9-21(26)24(29)30/h10-11,14-17,21,27H,2-9,12-13H2,1H3,(H,29,30)/t14?,15?,17?,21-/m0/s1. The molecule has 170 valence electrons. The summed E-state index contributed by atoms with van der Waals surface area (Å²) < 4.78 is 21.0. The molecule has 1 aliphatic heterocycles. The van der Waals surface area contributed by atoms with Gasteiger partial charge in [-0.25, -0.2) is 9.18 Å². The number of amides is 1. The van der Waals surface area contributed by atoms with Gasteiger partial charge in [0.25, 0.3) is 5.91 Å². The molecule has 1 heterocycles. The number of carbonyl (C=O) groups is 2. The van der Waals surface area contributed by atoms with Crippen LogP contribution in [-0.4, -0.2) is 52.3 Å². The lowest BCUT2D eigenvalue weighted by Gasteiger charge is -2.22. The Bertz CT molecular complexity index is 840. The van der Waals surface area contributed by atoms with E-state index in [-0.39, 0.29) is 24.4 Å². The molecule has 31 heavy (non-hydrogen) atoms. The van der Waals surface area contributed by atoms with Gasteiger partial charge in [-0.3, -0.25) is 4.79 Å². The van der Waals surface area contributed by atoms with Crippen molar-refractivity contribution in [1.82, 2.24) is 4.90 Å². The Hall–Kier alpha value is -2.15. The number of ether oxygens (including phenoxy) is 1. The number of rotatable bonds is 8. The summed E-state index contributed by atoms with van der Waals surface area (Å²) in [5, 5.41) is 19.2. The molecular formula is C24H32FNO5. The van der Waals surface area contributed by atoms with Gasteiger partial charge in [0.1, 0.15) is 17.6 Å². The molecule has 6 nitrogen and oxygen atoms in total. The predicted octanol–water partition coefficient (Wildman–Crippen LogP) is 3.96. The van der Waals surface area contributed by atoms with Gasteiger partial charge in [-0.1, -0.05) is 26.2 Å². The predicted molar refractivity (Wildman–Crippen MR) is 113 cm³/mol. The first kappa shape index (κ1) is 22.1. The van der Waals surface area contributed by atoms with Crippen LogP contribution in [0, 0.1) is 17.7 Å². The Labute approximate surface area is 182 Å². The van der Waals surface area contributed by atoms with Gasteiger partial charge in [0.05, 0.1) is 18.3 Å². The number of benzene rings is 1. The number of aliphatic carboxylic acids is 1. The number of hydrogen-bond acceptors (Lipinski definition) is 4. The van der Waals surface area contributed by atoms with Crippen molar-refractivity contribution in [3.05, 3.63) is 29.1 Å². The Morgan fingerprint density at radius 3 is 2.58 bits per heavy atom. The maximum absolute atomic E-state index is 15.0. The van der Waals surface area contributed by atoms with E-state index in [1.807, 2.05) is 0 Å². The van der Waals surface area contributed by atoms with Crippen LogP contribution < -0.4 is 4.74 Å². The van der Waals surface area contributed by atoms with Gasteiger partial charge in [-0.15, -0.1) is 0 Å². The molecule has 2 N–H and O–H groups in total. The highest BCUT2D eigenvalue weighted by atomic mass is 19.1. The molecule has 2 saturated carbocycles. The van der Waals surface area contributed by atoms with Crippen LogP contribution in [0.25, 0.3) is 0 Å². The smallest absolute Gasteiger partial charge is 0.326 e. The fourth-order valence-electron chi connectivity index (χ4n) is 5.21. The molecule has 2 aliphatic carbocycles. The van der Waals surface area contributed by atoms with Gasteiger partial charge < -0.3 is 19.8 Å². The van der Waals surface area contributed by atoms with Gasteiger partial charge >= 0.3 is 5.97 Å². The number of aliphatic hydroxyl groups is 1. The molecule has 0 spiro atoms. The summed E-state index contributed by atoms with van der Waals surface area (Å²) >= 11 is 0. The van der Waals surface area contributed by atoms with Gasteiger partial charge in [-0.05, 0) is 55.1 Å². The van der Waals surface area contributed by atoms with E-state index in [0.29, 0.717) is 18.3 Å². The summed E-state index contributed by atoms with van der Waals surface area (Å²) in [6.07, 6.45) is 6.94. The number of aliphatic hydroxyl groups excluding tert-OH is 1. The van der Waals surface area contributed by atoms with Crippen molar-refractivity contribution in [2.24, 2.45) is 11.8 Å². The lowest BCUT2D eigenvalue weighted by atomic mass is 10.0. The average molecular weight is 434 g/mol. The van der Waals surface area contributed by atoms with Gasteiger partial charge in [0, 0.05) is 19.0 Å². The highest BCUT2D eigenvalue weighted by molar-refractivity contribution is 5.97. The summed E-state index contributed by atoms with van der Waals surface area (Å²) in [6.45, 7) is 2.66. The summed E-state index contributed by atoms with van der Waals surface area (Å²) in [5.74, 6) is -0.583. The van der Waals surface area contributed by atoms with Crippen molar-refractivity contribution < 1.29 is 28.9 Å². The minimum atomic E-state index is -1.19. The number of nitrogens with zero attached hydrogens (tertiary/aromatic N) is 1. The fraction of sp³-hybridized carbons (Fsp3) is 0.667. The minimum absolute atomic E-state index is 0.0419. The molecule has 3 fully saturated rings. The van der Waals surface area contributed by atoms with Crippen LogP contribution in [-0.2, 0) is 4.79 Å². The number of halogens is 1. The van der Waals surface area contributed by atoms with Gasteiger partial charge in [-0.2, -0.15) is 0 Å². The number of β-amino-alcohol motifs (C(OH)–C–C–N with tert-alkyl or cyclic N) is 1. The number of carboxylic acids is 1. The van der Waals surface area contributed by atoms with E-state index in [2.05, 4.69) is 6.92 Å². The van der Waals surface area contributed by atoms with Crippen LogP contribution in [0.15, 0.2) is 12.1 Å². The van der Waals surface area contributed by atoms with Crippen LogP contribution in [0.1, 0.15) is 80.1 Å². The number of likely N-dealkylation sites (tertiary alicyclic amines) is 1. The highest BCUT2D eigenvalue weighted by Gasteiger charge is 2.40. The Balaban J connectivity index is 1.50. The fourth-order valence-corrected chi connectivity index (χ4v) is 5.21. The van der Waals surface area contributed by atoms with E-state index in [1.54, 1.807) is 6.07 Å². The van der Waals surface area contributed by atoms with Crippen molar-refractivity contribution in [2.75, 3.05) is 13.2 Å². The molecule has 1 aromatic carbocycles. The summed E-state index contributed by atoms with van der Waals surface area (Å²) in [7, 11) is 0. The van der Waals surface area contributed by atoms with Crippen LogP contribution in [0.5, 0.6) is 5.75 Å². The SMILES string of the molecule is CCCC1CCC(COc2cc(F)c(C(=O)N3CC(O)C[C@H]3C(=O)O)cc2C2CC2)C1. The van der Waals surface area contributed by atoms with E-state index < -0.39 is 29.8 Å². The largest absolute Gasteiger partial charge is 0.493 e. The molecule has 7 heteroatoms. The average Bonchev–Trinajstić information content (AvgIpc) is 3.34. The lowest BCUT2D eigenvalue weighted by Crippen LogP contribution is -2.41. The van der Waals surface area contributed by atoms with Crippen LogP contribution in [0.3, 0.4) is 0 Å². The number of carbonyl (C=O) groups excluding carboxylic acids is 1. The Kier molecular flexibility index (Phi) is 6.51. The summed E-state index contributed by atoms with van der Waals surface area (Å²) in [5.41, 5.74) is 0.693. The second kappa shape index (κ2) is 9.15. The zero-order valence-electron chi connectivity index (χ0n) is 18.1. The summed E-state index contributed by atoms with van der Waals surface area (Å²) in [6, 6.07) is 1.70. The van der Waals surface area contributed by atoms with Crippen LogP contribution in [0.2, 0.25) is 0 Å². The molecule has 0 aromatic heterocycles. The molecule has 1 aromatic rings. The van der Waals surface area contributed by atoms with Crippen LogP contribution in [0.4, 0.5) is 4.39 Å². The zero-order chi connectivity index (χ0) is 22.1. The molecule has 0 radical (unpaired) electrons. The molecule has 1 amide bonds. The normalized spacial score (nSPS) is 28.2. The van der Waals surface area contributed by atoms with Crippen molar-refractivity contribution in [3.8, 4) is 5.75 Å². The molecule has 4 atom stereocenters. The molecule has 0 bridgehead atoms. The highest BCUT2D eigenvalue weighted by Crippen LogP contribution is 2.46. The topological polar surface area (TPSA) is 87.1 Å². The van der Waals surface area contributed by atoms with Gasteiger partial charge in [0.2, 0.25) is 0 Å². The molecule has 3 aliphatic rings. The maximum Gasteiger partial charge on any atom is 0.326 e. The molecular weight excluding hydrogens is 401 g/mol. The first-order chi connectivity index (χ1) is 14.9. The second-order valence-electron chi connectivity index (χ2n) is 9.49. The Morgan fingerprint density at radius 1 is 1.16 bits per heavy atom. The van der Waals surface area contributed by atoms with Crippen molar-refractivity contribution in [3.63, 3.8) is 0 Å². The number of carboxylic acid groups (broad SMARTS) is 1. The molecule has 1 saturated heterocycles. The number of hydrogen-bond donors (Lipinski definition) is 2. The second-order valence-corrected chi connectivity index (χ2v) is 9.49. The Morgan fingerprint density at radius 2 is 1.90 bits per heavy atom. The van der Waals surface area contributed by atoms with E-state index in [1.165, 1.54) is 25.3 Å². The maximum atomic E-state index is 15.0. The monoisotopic (exact) mass is 433 g/mol. The van der Waals surface area contributed by atoms with Gasteiger partial charge in [0.15, 0.2) is 0 Å². The van der Waals surface area contributed by atoms with E-state index in [0.717, 1.165) is 42.1 Å². The third-order valence-electron chi connectivity index (χ3n) is 6.99. The van der Waals surface area contributed by atoms with E-state index in [4.69, 9.17) is 4.74 Å². The molecule has 4 rings (SSSR count). The van der Waals surface area contributed by atoms with E-state index >= 15 is 0 Å². The van der Waals surface area contributed by atoms with E-state index in [9.17, 15) is 24.2 Å². The van der Waals surface area contributed by atoms with Crippen LogP contribution >= 0.6 is 0 Å². The third kappa shape index (κ3) is 4.86. The third-order valence-corrected chi connectivity index (χ3v) is 6.99. The first-order valence-electron chi connectivity index (χ1n) is 11.5. The van der Waals surface area contributed by atoms with Crippen molar-refractivity contribution in [1.29, 1.82) is 0 Å². The zero-order valence-corrected chi connectivity index (χ0v) is 18.1. The van der Waals surface area contributed by atoms with Crippen molar-refractivity contribution in [2.45, 2.75) is 76.4 Å². The lowest BCUT2D eigenvalue weighted by molar-refractivity contribution is -0.141. The minimum Gasteiger partial charge on any atom is -0.493 e. The first-order valence-corrected chi connectivity index (χ1v) is 11.5.